The van der Waals surface area contributed by atoms with Crippen LogP contribution in [0.3, 0.4) is 0 Å². The molecule has 0 aliphatic heterocycles. The van der Waals surface area contributed by atoms with Crippen LogP contribution in [0.5, 0.6) is 0 Å². The first-order chi connectivity index (χ1) is 9.78. The van der Waals surface area contributed by atoms with E-state index in [4.69, 9.17) is 5.73 Å². The van der Waals surface area contributed by atoms with E-state index in [2.05, 4.69) is 61.5 Å². The summed E-state index contributed by atoms with van der Waals surface area (Å²) >= 11 is 1.79. The van der Waals surface area contributed by atoms with Crippen LogP contribution in [0.2, 0.25) is 0 Å². The van der Waals surface area contributed by atoms with Gasteiger partial charge in [-0.2, -0.15) is 0 Å². The molecule has 1 heterocycles. The predicted octanol–water partition coefficient (Wildman–Crippen LogP) is 4.90. The van der Waals surface area contributed by atoms with Gasteiger partial charge in [0, 0.05) is 9.58 Å². The molecule has 0 radical (unpaired) electrons. The lowest BCUT2D eigenvalue weighted by molar-refractivity contribution is 0.875. The summed E-state index contributed by atoms with van der Waals surface area (Å²) in [6, 6.07) is 19.3. The topological polar surface area (TPSA) is 26.0 Å². The van der Waals surface area contributed by atoms with E-state index in [0.29, 0.717) is 0 Å². The van der Waals surface area contributed by atoms with Crippen molar-refractivity contribution >= 4 is 21.4 Å². The Hall–Kier alpha value is -1.64. The van der Waals surface area contributed by atoms with Crippen molar-refractivity contribution in [2.45, 2.75) is 25.8 Å². The lowest BCUT2D eigenvalue weighted by Crippen LogP contribution is -2.10. The normalized spacial score (nSPS) is 12.7. The van der Waals surface area contributed by atoms with Gasteiger partial charge in [-0.1, -0.05) is 55.8 Å². The summed E-state index contributed by atoms with van der Waals surface area (Å²) in [4.78, 5) is 1.24. The van der Waals surface area contributed by atoms with Crippen LogP contribution in [0, 0.1) is 0 Å². The number of fused-ring (bicyclic) bond motifs is 1. The van der Waals surface area contributed by atoms with Crippen molar-refractivity contribution in [3.8, 4) is 0 Å². The van der Waals surface area contributed by atoms with Crippen molar-refractivity contribution in [3.05, 3.63) is 70.6 Å². The Balaban J connectivity index is 1.94. The second-order valence-corrected chi connectivity index (χ2v) is 6.27. The fraction of sp³-hybridized carbons (Fsp3) is 0.222. The maximum absolute atomic E-state index is 6.46. The van der Waals surface area contributed by atoms with Crippen molar-refractivity contribution in [3.63, 3.8) is 0 Å². The van der Waals surface area contributed by atoms with E-state index in [0.717, 1.165) is 6.42 Å². The number of hydrogen-bond acceptors (Lipinski definition) is 2. The molecule has 20 heavy (non-hydrogen) atoms. The average Bonchev–Trinajstić information content (AvgIpc) is 2.91. The largest absolute Gasteiger partial charge is 0.320 e. The fourth-order valence-corrected chi connectivity index (χ4v) is 3.64. The van der Waals surface area contributed by atoms with E-state index in [9.17, 15) is 0 Å². The van der Waals surface area contributed by atoms with Crippen molar-refractivity contribution in [2.24, 2.45) is 5.73 Å². The Labute approximate surface area is 124 Å². The molecule has 1 atom stereocenters. The molecule has 0 amide bonds. The SMILES string of the molecule is CCCc1cccc(C(N)c2cc3ccccc3s2)c1. The first kappa shape index (κ1) is 13.3. The van der Waals surface area contributed by atoms with Gasteiger partial charge in [-0.05, 0) is 35.1 Å². The third-order valence-electron chi connectivity index (χ3n) is 3.60. The molecule has 3 aromatic rings. The number of benzene rings is 2. The van der Waals surface area contributed by atoms with Gasteiger partial charge in [0.2, 0.25) is 0 Å². The molecule has 0 fully saturated rings. The molecule has 2 aromatic carbocycles. The third kappa shape index (κ3) is 2.62. The van der Waals surface area contributed by atoms with Crippen LogP contribution in [0.25, 0.3) is 10.1 Å². The maximum Gasteiger partial charge on any atom is 0.0646 e. The van der Waals surface area contributed by atoms with Crippen molar-refractivity contribution in [1.29, 1.82) is 0 Å². The lowest BCUT2D eigenvalue weighted by Gasteiger charge is -2.11. The van der Waals surface area contributed by atoms with Crippen molar-refractivity contribution in [1.82, 2.24) is 0 Å². The smallest absolute Gasteiger partial charge is 0.0646 e. The molecule has 3 rings (SSSR count). The highest BCUT2D eigenvalue weighted by atomic mass is 32.1. The van der Waals surface area contributed by atoms with Crippen LogP contribution < -0.4 is 5.73 Å². The standard InChI is InChI=1S/C18H19NS/c1-2-6-13-7-5-9-15(11-13)18(19)17-12-14-8-3-4-10-16(14)20-17/h3-5,7-12,18H,2,6,19H2,1H3. The number of nitrogens with two attached hydrogens (primary N) is 1. The molecule has 0 saturated carbocycles. The van der Waals surface area contributed by atoms with Crippen LogP contribution in [0.4, 0.5) is 0 Å². The van der Waals surface area contributed by atoms with Gasteiger partial charge in [0.25, 0.3) is 0 Å². The summed E-state index contributed by atoms with van der Waals surface area (Å²) in [5.41, 5.74) is 9.04. The monoisotopic (exact) mass is 281 g/mol. The van der Waals surface area contributed by atoms with Gasteiger partial charge < -0.3 is 5.73 Å². The van der Waals surface area contributed by atoms with E-state index in [-0.39, 0.29) is 6.04 Å². The first-order valence-electron chi connectivity index (χ1n) is 7.11. The zero-order valence-electron chi connectivity index (χ0n) is 11.7. The van der Waals surface area contributed by atoms with Gasteiger partial charge in [-0.25, -0.2) is 0 Å². The van der Waals surface area contributed by atoms with Gasteiger partial charge in [0.15, 0.2) is 0 Å². The fourth-order valence-electron chi connectivity index (χ4n) is 2.55. The van der Waals surface area contributed by atoms with Crippen LogP contribution in [-0.4, -0.2) is 0 Å². The number of thiophene rings is 1. The van der Waals surface area contributed by atoms with E-state index in [1.165, 1.54) is 32.5 Å². The highest BCUT2D eigenvalue weighted by molar-refractivity contribution is 7.19. The molecule has 1 aromatic heterocycles. The molecule has 2 heteroatoms. The van der Waals surface area contributed by atoms with Crippen molar-refractivity contribution in [2.75, 3.05) is 0 Å². The van der Waals surface area contributed by atoms with Crippen LogP contribution in [-0.2, 0) is 6.42 Å². The summed E-state index contributed by atoms with van der Waals surface area (Å²) in [5.74, 6) is 0. The Kier molecular flexibility index (Phi) is 3.86. The quantitative estimate of drug-likeness (QED) is 0.723. The zero-order valence-corrected chi connectivity index (χ0v) is 12.5. The Morgan fingerprint density at radius 2 is 1.90 bits per heavy atom. The summed E-state index contributed by atoms with van der Waals surface area (Å²) < 4.78 is 1.31. The second-order valence-electron chi connectivity index (χ2n) is 5.16. The van der Waals surface area contributed by atoms with Gasteiger partial charge in [-0.3, -0.25) is 0 Å². The predicted molar refractivity (Wildman–Crippen MR) is 88.3 cm³/mol. The number of hydrogen-bond donors (Lipinski definition) is 1. The lowest BCUT2D eigenvalue weighted by atomic mass is 10.0. The average molecular weight is 281 g/mol. The highest BCUT2D eigenvalue weighted by Gasteiger charge is 2.12. The number of aryl methyl sites for hydroxylation is 1. The Morgan fingerprint density at radius 1 is 1.05 bits per heavy atom. The minimum Gasteiger partial charge on any atom is -0.320 e. The van der Waals surface area contributed by atoms with E-state index in [1.807, 2.05) is 0 Å². The van der Waals surface area contributed by atoms with Crippen LogP contribution in [0.15, 0.2) is 54.6 Å². The maximum atomic E-state index is 6.46. The molecule has 0 spiro atoms. The molecule has 0 saturated heterocycles. The molecule has 0 bridgehead atoms. The Bertz CT molecular complexity index is 681. The summed E-state index contributed by atoms with van der Waals surface area (Å²) in [5, 5.41) is 1.28. The summed E-state index contributed by atoms with van der Waals surface area (Å²) in [6.45, 7) is 2.21. The first-order valence-corrected chi connectivity index (χ1v) is 7.92. The van der Waals surface area contributed by atoms with Crippen molar-refractivity contribution < 1.29 is 0 Å². The van der Waals surface area contributed by atoms with Gasteiger partial charge in [-0.15, -0.1) is 11.3 Å². The van der Waals surface area contributed by atoms with E-state index >= 15 is 0 Å². The summed E-state index contributed by atoms with van der Waals surface area (Å²) in [6.07, 6.45) is 2.29. The third-order valence-corrected chi connectivity index (χ3v) is 4.80. The summed E-state index contributed by atoms with van der Waals surface area (Å²) in [7, 11) is 0. The van der Waals surface area contributed by atoms with E-state index in [1.54, 1.807) is 11.3 Å². The molecule has 1 nitrogen and oxygen atoms in total. The van der Waals surface area contributed by atoms with Gasteiger partial charge >= 0.3 is 0 Å². The zero-order chi connectivity index (χ0) is 13.9. The minimum atomic E-state index is -0.0239. The number of rotatable bonds is 4. The van der Waals surface area contributed by atoms with Gasteiger partial charge in [0.1, 0.15) is 0 Å². The van der Waals surface area contributed by atoms with E-state index < -0.39 is 0 Å². The molecule has 0 aliphatic rings. The molecule has 102 valence electrons. The molecule has 1 unspecified atom stereocenters. The van der Waals surface area contributed by atoms with Crippen LogP contribution in [0.1, 0.15) is 35.4 Å². The highest BCUT2D eigenvalue weighted by Crippen LogP contribution is 2.32. The molecular formula is C18H19NS. The molecule has 0 aliphatic carbocycles. The molecule has 2 N–H and O–H groups in total. The minimum absolute atomic E-state index is 0.0239. The Morgan fingerprint density at radius 3 is 2.70 bits per heavy atom. The molecular weight excluding hydrogens is 262 g/mol. The van der Waals surface area contributed by atoms with Crippen LogP contribution >= 0.6 is 11.3 Å². The van der Waals surface area contributed by atoms with Gasteiger partial charge in [0.05, 0.1) is 6.04 Å². The second kappa shape index (κ2) is 5.78.